The summed E-state index contributed by atoms with van der Waals surface area (Å²) in [5.41, 5.74) is 0. The van der Waals surface area contributed by atoms with Crippen molar-refractivity contribution in [1.29, 1.82) is 0 Å². The lowest BCUT2D eigenvalue weighted by Gasteiger charge is -2.44. The van der Waals surface area contributed by atoms with Crippen LogP contribution in [0.15, 0.2) is 60.7 Å². The second-order valence-corrected chi connectivity index (χ2v) is 12.9. The van der Waals surface area contributed by atoms with Crippen molar-refractivity contribution in [3.05, 3.63) is 60.7 Å². The predicted molar refractivity (Wildman–Crippen MR) is 117 cm³/mol. The third-order valence-electron chi connectivity index (χ3n) is 5.63. The van der Waals surface area contributed by atoms with Crippen LogP contribution in [-0.4, -0.2) is 44.9 Å². The maximum atomic E-state index is 11.2. The molecule has 6 heteroatoms. The van der Waals surface area contributed by atoms with Crippen LogP contribution in [0.1, 0.15) is 33.6 Å². The minimum Gasteiger partial charge on any atom is -0.465 e. The van der Waals surface area contributed by atoms with Gasteiger partial charge >= 0.3 is 6.09 Å². The fourth-order valence-corrected chi connectivity index (χ4v) is 8.87. The zero-order valence-electron chi connectivity index (χ0n) is 17.4. The Morgan fingerprint density at radius 3 is 2.14 bits per heavy atom. The van der Waals surface area contributed by atoms with E-state index in [-0.39, 0.29) is 17.2 Å². The summed E-state index contributed by atoms with van der Waals surface area (Å²) in [4.78, 5) is 11.2. The Labute approximate surface area is 174 Å². The van der Waals surface area contributed by atoms with Gasteiger partial charge < -0.3 is 19.6 Å². The molecule has 0 spiro atoms. The molecule has 0 bridgehead atoms. The topological polar surface area (TPSA) is 67.8 Å². The number of amides is 1. The summed E-state index contributed by atoms with van der Waals surface area (Å²) in [6.45, 7) is 7.68. The van der Waals surface area contributed by atoms with E-state index in [0.29, 0.717) is 13.2 Å². The van der Waals surface area contributed by atoms with Crippen LogP contribution >= 0.6 is 0 Å². The van der Waals surface area contributed by atoms with E-state index >= 15 is 0 Å². The van der Waals surface area contributed by atoms with Crippen molar-refractivity contribution < 1.29 is 19.1 Å². The van der Waals surface area contributed by atoms with Crippen molar-refractivity contribution >= 4 is 24.8 Å². The first kappa shape index (κ1) is 21.6. The third-order valence-corrected chi connectivity index (χ3v) is 10.6. The SMILES string of the molecule is CC(C)(C)[Si](OC[C@@H]1OCCC[C@H]1NC(=O)O)(c1ccccc1)c1ccccc1. The van der Waals surface area contributed by atoms with Crippen LogP contribution in [0.3, 0.4) is 0 Å². The normalized spacial score (nSPS) is 20.2. The van der Waals surface area contributed by atoms with Crippen molar-refractivity contribution in [2.75, 3.05) is 13.2 Å². The Kier molecular flexibility index (Phi) is 6.77. The summed E-state index contributed by atoms with van der Waals surface area (Å²) in [7, 11) is -2.66. The maximum Gasteiger partial charge on any atom is 0.404 e. The van der Waals surface area contributed by atoms with Gasteiger partial charge in [-0.3, -0.25) is 0 Å². The number of nitrogens with one attached hydrogen (secondary N) is 1. The Morgan fingerprint density at radius 1 is 1.10 bits per heavy atom. The fourth-order valence-electron chi connectivity index (χ4n) is 4.30. The molecule has 2 aromatic carbocycles. The molecule has 1 aliphatic heterocycles. The molecule has 0 saturated carbocycles. The lowest BCUT2D eigenvalue weighted by atomic mass is 10.0. The van der Waals surface area contributed by atoms with E-state index in [2.05, 4.69) is 74.6 Å². The van der Waals surface area contributed by atoms with Crippen LogP contribution in [0.25, 0.3) is 0 Å². The number of hydrogen-bond acceptors (Lipinski definition) is 3. The van der Waals surface area contributed by atoms with E-state index in [1.807, 2.05) is 12.1 Å². The number of rotatable bonds is 6. The molecule has 156 valence electrons. The van der Waals surface area contributed by atoms with Gasteiger partial charge in [-0.05, 0) is 28.3 Å². The number of carbonyl (C=O) groups is 1. The molecular formula is C23H31NO4Si. The van der Waals surface area contributed by atoms with Gasteiger partial charge in [0.1, 0.15) is 0 Å². The molecular weight excluding hydrogens is 382 g/mol. The summed E-state index contributed by atoms with van der Waals surface area (Å²) in [5.74, 6) is 0. The molecule has 1 fully saturated rings. The summed E-state index contributed by atoms with van der Waals surface area (Å²) in [6.07, 6.45) is 0.305. The molecule has 0 aliphatic carbocycles. The highest BCUT2D eigenvalue weighted by molar-refractivity contribution is 6.99. The molecule has 5 nitrogen and oxygen atoms in total. The van der Waals surface area contributed by atoms with Crippen molar-refractivity contribution in [2.45, 2.75) is 50.8 Å². The summed E-state index contributed by atoms with van der Waals surface area (Å²) in [6, 6.07) is 20.6. The maximum absolute atomic E-state index is 11.2. The van der Waals surface area contributed by atoms with Crippen LogP contribution in [-0.2, 0) is 9.16 Å². The van der Waals surface area contributed by atoms with Crippen molar-refractivity contribution in [3.63, 3.8) is 0 Å². The largest absolute Gasteiger partial charge is 0.465 e. The minimum absolute atomic E-state index is 0.125. The molecule has 0 unspecified atom stereocenters. The van der Waals surface area contributed by atoms with Gasteiger partial charge in [-0.2, -0.15) is 0 Å². The highest BCUT2D eigenvalue weighted by atomic mass is 28.4. The molecule has 2 aromatic rings. The van der Waals surface area contributed by atoms with Crippen LogP contribution in [0.4, 0.5) is 4.79 Å². The average Bonchev–Trinajstić information content (AvgIpc) is 2.70. The van der Waals surface area contributed by atoms with Gasteiger partial charge in [0.05, 0.1) is 18.8 Å². The highest BCUT2D eigenvalue weighted by Crippen LogP contribution is 2.37. The van der Waals surface area contributed by atoms with Gasteiger partial charge in [-0.25, -0.2) is 4.79 Å². The number of hydrogen-bond donors (Lipinski definition) is 2. The van der Waals surface area contributed by atoms with E-state index < -0.39 is 14.4 Å². The van der Waals surface area contributed by atoms with Crippen LogP contribution in [0.5, 0.6) is 0 Å². The molecule has 1 heterocycles. The van der Waals surface area contributed by atoms with E-state index in [4.69, 9.17) is 9.16 Å². The van der Waals surface area contributed by atoms with E-state index in [9.17, 15) is 9.90 Å². The zero-order valence-corrected chi connectivity index (χ0v) is 18.4. The van der Waals surface area contributed by atoms with E-state index in [0.717, 1.165) is 12.8 Å². The molecule has 3 rings (SSSR count). The van der Waals surface area contributed by atoms with E-state index in [1.165, 1.54) is 10.4 Å². The Morgan fingerprint density at radius 2 is 1.66 bits per heavy atom. The Hall–Kier alpha value is -2.15. The first-order chi connectivity index (χ1) is 13.8. The van der Waals surface area contributed by atoms with Gasteiger partial charge in [-0.1, -0.05) is 81.4 Å². The molecule has 1 saturated heterocycles. The van der Waals surface area contributed by atoms with Gasteiger partial charge in [-0.15, -0.1) is 0 Å². The zero-order chi connectivity index (χ0) is 20.9. The molecule has 2 atom stereocenters. The van der Waals surface area contributed by atoms with Gasteiger partial charge in [0.15, 0.2) is 0 Å². The molecule has 1 amide bonds. The first-order valence-electron chi connectivity index (χ1n) is 10.2. The first-order valence-corrected chi connectivity index (χ1v) is 12.1. The quantitative estimate of drug-likeness (QED) is 0.713. The Bertz CT molecular complexity index is 752. The monoisotopic (exact) mass is 413 g/mol. The summed E-state index contributed by atoms with van der Waals surface area (Å²) in [5, 5.41) is 14.1. The summed E-state index contributed by atoms with van der Waals surface area (Å²) >= 11 is 0. The van der Waals surface area contributed by atoms with Gasteiger partial charge in [0.2, 0.25) is 0 Å². The van der Waals surface area contributed by atoms with Crippen LogP contribution in [0, 0.1) is 0 Å². The number of benzene rings is 2. The number of ether oxygens (including phenoxy) is 1. The lowest BCUT2D eigenvalue weighted by Crippen LogP contribution is -2.67. The fraction of sp³-hybridized carbons (Fsp3) is 0.435. The van der Waals surface area contributed by atoms with E-state index in [1.54, 1.807) is 0 Å². The van der Waals surface area contributed by atoms with Crippen LogP contribution in [0.2, 0.25) is 5.04 Å². The van der Waals surface area contributed by atoms with Gasteiger partial charge in [0, 0.05) is 6.61 Å². The molecule has 29 heavy (non-hydrogen) atoms. The standard InChI is InChI=1S/C23H31NO4Si/c1-23(2,3)29(18-11-6-4-7-12-18,19-13-8-5-9-14-19)28-17-21-20(24-22(25)26)15-10-16-27-21/h4-9,11-14,20-21,24H,10,15-17H2,1-3H3,(H,25,26)/t20-,21+/m1/s1. The smallest absolute Gasteiger partial charge is 0.404 e. The van der Waals surface area contributed by atoms with Crippen molar-refractivity contribution in [2.24, 2.45) is 0 Å². The average molecular weight is 414 g/mol. The second kappa shape index (κ2) is 9.11. The molecule has 0 radical (unpaired) electrons. The highest BCUT2D eigenvalue weighted by Gasteiger charge is 2.50. The molecule has 1 aliphatic rings. The second-order valence-electron chi connectivity index (χ2n) is 8.58. The van der Waals surface area contributed by atoms with Crippen molar-refractivity contribution in [1.82, 2.24) is 5.32 Å². The predicted octanol–water partition coefficient (Wildman–Crippen LogP) is 3.38. The molecule has 0 aromatic heterocycles. The lowest BCUT2D eigenvalue weighted by molar-refractivity contribution is -0.0337. The third kappa shape index (κ3) is 4.71. The minimum atomic E-state index is -2.66. The molecule has 2 N–H and O–H groups in total. The van der Waals surface area contributed by atoms with Crippen LogP contribution < -0.4 is 15.7 Å². The van der Waals surface area contributed by atoms with Crippen molar-refractivity contribution in [3.8, 4) is 0 Å². The van der Waals surface area contributed by atoms with Gasteiger partial charge in [0.25, 0.3) is 8.32 Å². The number of carboxylic acid groups (broad SMARTS) is 1. The Balaban J connectivity index is 1.98. The summed E-state index contributed by atoms with van der Waals surface area (Å²) < 4.78 is 12.8.